The van der Waals surface area contributed by atoms with Gasteiger partial charge in [-0.3, -0.25) is 4.57 Å². The fraction of sp³-hybridized carbons (Fsp3) is 0.941. The minimum atomic E-state index is -3.00. The smallest absolute Gasteiger partial charge is 0.306 e. The number of allylic oxidation sites excluding steroid dienone is 1. The normalized spacial score (nSPS) is 12.2. The standard InChI is InChI=1S/C34H69O3P/c1-4-7-8-9-10-11-12-13-14-15-16-17-18-19-20-21-22-23-24-25-26-27-28-29-30-31-32-33-34-38(35,36-5-2)37-6-3/h33-34H,4-32H2,1-3H3. The highest BCUT2D eigenvalue weighted by atomic mass is 31.2. The fourth-order valence-electron chi connectivity index (χ4n) is 5.26. The lowest BCUT2D eigenvalue weighted by atomic mass is 10.0. The Hall–Kier alpha value is -0.110. The first-order valence-corrected chi connectivity index (χ1v) is 18.9. The van der Waals surface area contributed by atoms with Gasteiger partial charge in [-0.1, -0.05) is 174 Å². The van der Waals surface area contributed by atoms with Crippen molar-refractivity contribution in [1.29, 1.82) is 0 Å². The summed E-state index contributed by atoms with van der Waals surface area (Å²) in [4.78, 5) is 0. The first-order chi connectivity index (χ1) is 18.7. The van der Waals surface area contributed by atoms with Gasteiger partial charge in [0.2, 0.25) is 0 Å². The van der Waals surface area contributed by atoms with Crippen molar-refractivity contribution in [1.82, 2.24) is 0 Å². The number of hydrogen-bond acceptors (Lipinski definition) is 3. The Labute approximate surface area is 240 Å². The van der Waals surface area contributed by atoms with Gasteiger partial charge in [0, 0.05) is 5.82 Å². The largest absolute Gasteiger partial charge is 0.353 e. The molecule has 0 rings (SSSR count). The highest BCUT2D eigenvalue weighted by molar-refractivity contribution is 7.57. The van der Waals surface area contributed by atoms with E-state index >= 15 is 0 Å². The Morgan fingerprint density at radius 3 is 0.947 bits per heavy atom. The molecule has 0 fully saturated rings. The quantitative estimate of drug-likeness (QED) is 0.0610. The van der Waals surface area contributed by atoms with Crippen molar-refractivity contribution in [3.05, 3.63) is 11.9 Å². The monoisotopic (exact) mass is 556 g/mol. The zero-order chi connectivity index (χ0) is 27.8. The minimum Gasteiger partial charge on any atom is -0.306 e. The molecule has 228 valence electrons. The lowest BCUT2D eigenvalue weighted by Gasteiger charge is -2.12. The molecule has 0 aliphatic heterocycles. The maximum absolute atomic E-state index is 12.3. The topological polar surface area (TPSA) is 35.5 Å². The van der Waals surface area contributed by atoms with Crippen LogP contribution < -0.4 is 0 Å². The van der Waals surface area contributed by atoms with Gasteiger partial charge in [-0.15, -0.1) is 0 Å². The van der Waals surface area contributed by atoms with Crippen molar-refractivity contribution >= 4 is 7.60 Å². The molecule has 0 aliphatic rings. The van der Waals surface area contributed by atoms with Gasteiger partial charge in [-0.05, 0) is 26.7 Å². The minimum absolute atomic E-state index is 0.418. The van der Waals surface area contributed by atoms with Gasteiger partial charge in [-0.25, -0.2) is 0 Å². The van der Waals surface area contributed by atoms with Gasteiger partial charge < -0.3 is 9.05 Å². The summed E-state index contributed by atoms with van der Waals surface area (Å²) in [7, 11) is -3.00. The fourth-order valence-corrected chi connectivity index (χ4v) is 6.64. The zero-order valence-electron chi connectivity index (χ0n) is 26.3. The molecule has 0 radical (unpaired) electrons. The van der Waals surface area contributed by atoms with Crippen LogP contribution in [0.1, 0.15) is 194 Å². The molecule has 0 aromatic heterocycles. The van der Waals surface area contributed by atoms with E-state index in [1.54, 1.807) is 5.82 Å². The van der Waals surface area contributed by atoms with Crippen molar-refractivity contribution in [3.63, 3.8) is 0 Å². The molecular formula is C34H69O3P. The maximum atomic E-state index is 12.3. The van der Waals surface area contributed by atoms with Crippen LogP contribution in [-0.4, -0.2) is 13.2 Å². The first kappa shape index (κ1) is 37.9. The molecule has 38 heavy (non-hydrogen) atoms. The molecule has 0 unspecified atom stereocenters. The third-order valence-electron chi connectivity index (χ3n) is 7.63. The van der Waals surface area contributed by atoms with Crippen LogP contribution in [0.15, 0.2) is 11.9 Å². The number of rotatable bonds is 32. The van der Waals surface area contributed by atoms with E-state index in [1.165, 1.54) is 161 Å². The Morgan fingerprint density at radius 1 is 0.421 bits per heavy atom. The predicted octanol–water partition coefficient (Wildman–Crippen LogP) is 13.3. The Balaban J connectivity index is 3.21. The first-order valence-electron chi connectivity index (χ1n) is 17.2. The predicted molar refractivity (Wildman–Crippen MR) is 170 cm³/mol. The van der Waals surface area contributed by atoms with Crippen LogP contribution in [0, 0.1) is 0 Å². The lowest BCUT2D eigenvalue weighted by molar-refractivity contribution is 0.229. The molecule has 0 bridgehead atoms. The van der Waals surface area contributed by atoms with Crippen LogP contribution in [0.5, 0.6) is 0 Å². The molecule has 0 aliphatic carbocycles. The molecule has 0 atom stereocenters. The van der Waals surface area contributed by atoms with E-state index in [4.69, 9.17) is 9.05 Å². The van der Waals surface area contributed by atoms with Crippen molar-refractivity contribution in [2.24, 2.45) is 0 Å². The second kappa shape index (κ2) is 31.4. The zero-order valence-corrected chi connectivity index (χ0v) is 27.2. The summed E-state index contributed by atoms with van der Waals surface area (Å²) in [6.45, 7) is 6.83. The van der Waals surface area contributed by atoms with Crippen molar-refractivity contribution in [3.8, 4) is 0 Å². The second-order valence-electron chi connectivity index (χ2n) is 11.4. The van der Waals surface area contributed by atoms with Gasteiger partial charge in [0.25, 0.3) is 0 Å². The van der Waals surface area contributed by atoms with E-state index in [0.717, 1.165) is 12.8 Å². The average molecular weight is 557 g/mol. The molecular weight excluding hydrogens is 487 g/mol. The second-order valence-corrected chi connectivity index (χ2v) is 13.3. The van der Waals surface area contributed by atoms with Gasteiger partial charge >= 0.3 is 7.60 Å². The number of unbranched alkanes of at least 4 members (excludes halogenated alkanes) is 26. The van der Waals surface area contributed by atoms with Crippen LogP contribution in [-0.2, 0) is 13.6 Å². The molecule has 4 heteroatoms. The molecule has 0 N–H and O–H groups in total. The molecule has 0 amide bonds. The van der Waals surface area contributed by atoms with Crippen LogP contribution in [0.2, 0.25) is 0 Å². The Bertz CT molecular complexity index is 510. The maximum Gasteiger partial charge on any atom is 0.353 e. The molecule has 0 aromatic carbocycles. The summed E-state index contributed by atoms with van der Waals surface area (Å²) in [5, 5.41) is 0. The highest BCUT2D eigenvalue weighted by Crippen LogP contribution is 2.49. The van der Waals surface area contributed by atoms with Crippen LogP contribution in [0.4, 0.5) is 0 Å². The Kier molecular flexibility index (Phi) is 31.3. The number of hydrogen-bond donors (Lipinski definition) is 0. The molecule has 0 saturated heterocycles. The van der Waals surface area contributed by atoms with Crippen LogP contribution in [0.3, 0.4) is 0 Å². The lowest BCUT2D eigenvalue weighted by Crippen LogP contribution is -1.92. The summed E-state index contributed by atoms with van der Waals surface area (Å²) < 4.78 is 22.9. The summed E-state index contributed by atoms with van der Waals surface area (Å²) in [6, 6.07) is 0. The molecule has 0 aromatic rings. The summed E-state index contributed by atoms with van der Waals surface area (Å²) >= 11 is 0. The van der Waals surface area contributed by atoms with Crippen LogP contribution >= 0.6 is 7.60 Å². The molecule has 0 heterocycles. The summed E-state index contributed by atoms with van der Waals surface area (Å²) in [6.07, 6.45) is 39.9. The van der Waals surface area contributed by atoms with E-state index in [2.05, 4.69) is 6.92 Å². The average Bonchev–Trinajstić information content (AvgIpc) is 2.90. The van der Waals surface area contributed by atoms with Crippen molar-refractivity contribution < 1.29 is 13.6 Å². The van der Waals surface area contributed by atoms with Gasteiger partial charge in [0.1, 0.15) is 0 Å². The van der Waals surface area contributed by atoms with E-state index < -0.39 is 7.60 Å². The van der Waals surface area contributed by atoms with E-state index in [0.29, 0.717) is 13.2 Å². The van der Waals surface area contributed by atoms with Gasteiger partial charge in [0.15, 0.2) is 0 Å². The van der Waals surface area contributed by atoms with E-state index in [-0.39, 0.29) is 0 Å². The third kappa shape index (κ3) is 28.9. The van der Waals surface area contributed by atoms with Crippen molar-refractivity contribution in [2.45, 2.75) is 194 Å². The summed E-state index contributed by atoms with van der Waals surface area (Å²) in [5.74, 6) is 1.65. The van der Waals surface area contributed by atoms with E-state index in [1.807, 2.05) is 19.9 Å². The Morgan fingerprint density at radius 2 is 0.684 bits per heavy atom. The molecule has 3 nitrogen and oxygen atoms in total. The summed E-state index contributed by atoms with van der Waals surface area (Å²) in [5.41, 5.74) is 0. The van der Waals surface area contributed by atoms with Crippen molar-refractivity contribution in [2.75, 3.05) is 13.2 Å². The molecule has 0 saturated carbocycles. The van der Waals surface area contributed by atoms with Gasteiger partial charge in [-0.2, -0.15) is 0 Å². The SMILES string of the molecule is CCCCCCCCCCCCCCCCCCCCCCCCCCCCC=CP(=O)(OCC)OCC. The van der Waals surface area contributed by atoms with E-state index in [9.17, 15) is 4.57 Å². The van der Waals surface area contributed by atoms with Gasteiger partial charge in [0.05, 0.1) is 13.2 Å². The highest BCUT2D eigenvalue weighted by Gasteiger charge is 2.18. The van der Waals surface area contributed by atoms with Crippen LogP contribution in [0.25, 0.3) is 0 Å². The third-order valence-corrected chi connectivity index (χ3v) is 9.44. The molecule has 0 spiro atoms.